The second-order valence-corrected chi connectivity index (χ2v) is 4.86. The quantitative estimate of drug-likeness (QED) is 0.893. The molecule has 0 bridgehead atoms. The number of pyridine rings is 1. The monoisotopic (exact) mass is 254 g/mol. The van der Waals surface area contributed by atoms with Crippen molar-refractivity contribution in [3.8, 4) is 0 Å². The summed E-state index contributed by atoms with van der Waals surface area (Å²) in [5.41, 5.74) is 1.52. The zero-order valence-electron chi connectivity index (χ0n) is 10.4. The van der Waals surface area contributed by atoms with Crippen LogP contribution in [0.4, 0.5) is 0 Å². The highest BCUT2D eigenvalue weighted by atomic mass is 16.2. The largest absolute Gasteiger partial charge is 0.328 e. The predicted molar refractivity (Wildman–Crippen MR) is 70.1 cm³/mol. The van der Waals surface area contributed by atoms with E-state index in [0.29, 0.717) is 5.70 Å². The van der Waals surface area contributed by atoms with E-state index in [9.17, 15) is 9.59 Å². The molecule has 1 saturated carbocycles. The molecule has 0 aliphatic heterocycles. The molecular weight excluding hydrogens is 240 g/mol. The number of carbonyl (C=O) groups is 2. The van der Waals surface area contributed by atoms with Crippen molar-refractivity contribution in [3.63, 3.8) is 0 Å². The topological polar surface area (TPSA) is 59.1 Å². The lowest BCUT2D eigenvalue weighted by atomic mass is 9.88. The van der Waals surface area contributed by atoms with Gasteiger partial charge in [0, 0.05) is 24.0 Å². The highest BCUT2D eigenvalue weighted by Crippen LogP contribution is 2.31. The maximum Gasteiger partial charge on any atom is 0.227 e. The van der Waals surface area contributed by atoms with Gasteiger partial charge in [0.2, 0.25) is 5.91 Å². The Morgan fingerprint density at radius 3 is 2.68 bits per heavy atom. The minimum absolute atomic E-state index is 0.0141. The lowest BCUT2D eigenvalue weighted by molar-refractivity contribution is -0.121. The van der Waals surface area contributed by atoms with Gasteiger partial charge in [-0.1, -0.05) is 6.08 Å². The molecule has 1 heterocycles. The number of carbonyl (C=O) groups excluding carboxylic acids is 2. The molecule has 4 heteroatoms. The molecule has 0 spiro atoms. The molecule has 1 atom stereocenters. The van der Waals surface area contributed by atoms with Gasteiger partial charge < -0.3 is 5.32 Å². The van der Waals surface area contributed by atoms with Crippen LogP contribution in [0.2, 0.25) is 0 Å². The SMILES string of the molecule is O=C(NC1=CC=CC(=O)C1c1ccncc1)C1CC1. The number of allylic oxidation sites excluding steroid dienone is 4. The van der Waals surface area contributed by atoms with E-state index >= 15 is 0 Å². The standard InChI is InChI=1S/C15H14N2O2/c18-13-3-1-2-12(17-15(19)11-4-5-11)14(13)10-6-8-16-9-7-10/h1-3,6-9,11,14H,4-5H2,(H,17,19). The fraction of sp³-hybridized carbons (Fsp3) is 0.267. The first-order valence-corrected chi connectivity index (χ1v) is 6.38. The zero-order chi connectivity index (χ0) is 13.2. The van der Waals surface area contributed by atoms with Gasteiger partial charge in [-0.05, 0) is 42.7 Å². The van der Waals surface area contributed by atoms with Gasteiger partial charge in [0.05, 0.1) is 5.92 Å². The smallest absolute Gasteiger partial charge is 0.227 e. The maximum atomic E-state index is 12.1. The number of ketones is 1. The van der Waals surface area contributed by atoms with Crippen LogP contribution in [-0.4, -0.2) is 16.7 Å². The molecule has 2 aliphatic rings. The van der Waals surface area contributed by atoms with Gasteiger partial charge in [-0.15, -0.1) is 0 Å². The first-order chi connectivity index (χ1) is 9.25. The Hall–Kier alpha value is -2.23. The van der Waals surface area contributed by atoms with Crippen molar-refractivity contribution in [3.05, 3.63) is 54.0 Å². The molecule has 1 fully saturated rings. The van der Waals surface area contributed by atoms with E-state index in [2.05, 4.69) is 10.3 Å². The molecule has 0 aromatic carbocycles. The molecule has 1 amide bonds. The summed E-state index contributed by atoms with van der Waals surface area (Å²) >= 11 is 0. The molecule has 0 radical (unpaired) electrons. The highest BCUT2D eigenvalue weighted by molar-refractivity contribution is 6.00. The van der Waals surface area contributed by atoms with Crippen molar-refractivity contribution in [2.24, 2.45) is 5.92 Å². The van der Waals surface area contributed by atoms with E-state index in [4.69, 9.17) is 0 Å². The lowest BCUT2D eigenvalue weighted by Gasteiger charge is -2.21. The Kier molecular flexibility index (Phi) is 2.99. The molecule has 3 rings (SSSR count). The van der Waals surface area contributed by atoms with Gasteiger partial charge in [0.25, 0.3) is 0 Å². The zero-order valence-corrected chi connectivity index (χ0v) is 10.4. The van der Waals surface area contributed by atoms with Crippen LogP contribution >= 0.6 is 0 Å². The van der Waals surface area contributed by atoms with Crippen molar-refractivity contribution >= 4 is 11.7 Å². The number of aromatic nitrogens is 1. The van der Waals surface area contributed by atoms with Crippen LogP contribution < -0.4 is 5.32 Å². The van der Waals surface area contributed by atoms with Gasteiger partial charge in [-0.3, -0.25) is 14.6 Å². The van der Waals surface area contributed by atoms with Crippen molar-refractivity contribution < 1.29 is 9.59 Å². The average Bonchev–Trinajstić information content (AvgIpc) is 3.24. The third-order valence-corrected chi connectivity index (χ3v) is 3.39. The van der Waals surface area contributed by atoms with Crippen LogP contribution in [0.1, 0.15) is 24.3 Å². The number of amides is 1. The fourth-order valence-corrected chi connectivity index (χ4v) is 2.20. The Labute approximate surface area is 111 Å². The minimum Gasteiger partial charge on any atom is -0.328 e. The average molecular weight is 254 g/mol. The van der Waals surface area contributed by atoms with Crippen LogP contribution in [0, 0.1) is 5.92 Å². The summed E-state index contributed by atoms with van der Waals surface area (Å²) in [5, 5.41) is 2.89. The molecule has 19 heavy (non-hydrogen) atoms. The normalized spacial score (nSPS) is 22.0. The molecule has 0 saturated heterocycles. The molecule has 1 aromatic rings. The van der Waals surface area contributed by atoms with Crippen molar-refractivity contribution in [1.82, 2.24) is 10.3 Å². The van der Waals surface area contributed by atoms with Gasteiger partial charge in [-0.25, -0.2) is 0 Å². The number of nitrogens with one attached hydrogen (secondary N) is 1. The van der Waals surface area contributed by atoms with Gasteiger partial charge in [0.1, 0.15) is 0 Å². The summed E-state index contributed by atoms with van der Waals surface area (Å²) in [4.78, 5) is 27.9. The highest BCUT2D eigenvalue weighted by Gasteiger charge is 2.33. The molecule has 1 N–H and O–H groups in total. The summed E-state index contributed by atoms with van der Waals surface area (Å²) < 4.78 is 0. The first-order valence-electron chi connectivity index (χ1n) is 6.38. The maximum absolute atomic E-state index is 12.1. The van der Waals surface area contributed by atoms with E-state index in [1.807, 2.05) is 0 Å². The van der Waals surface area contributed by atoms with Crippen molar-refractivity contribution in [1.29, 1.82) is 0 Å². The lowest BCUT2D eigenvalue weighted by Crippen LogP contribution is -2.31. The molecule has 96 valence electrons. The van der Waals surface area contributed by atoms with Crippen LogP contribution in [-0.2, 0) is 9.59 Å². The number of hydrogen-bond donors (Lipinski definition) is 1. The van der Waals surface area contributed by atoms with Gasteiger partial charge in [-0.2, -0.15) is 0 Å². The van der Waals surface area contributed by atoms with Gasteiger partial charge >= 0.3 is 0 Å². The fourth-order valence-electron chi connectivity index (χ4n) is 2.20. The van der Waals surface area contributed by atoms with Crippen LogP contribution in [0.5, 0.6) is 0 Å². The molecule has 1 unspecified atom stereocenters. The summed E-state index contributed by atoms with van der Waals surface area (Å²) in [7, 11) is 0. The summed E-state index contributed by atoms with van der Waals surface area (Å²) in [6.07, 6.45) is 10.2. The third-order valence-electron chi connectivity index (χ3n) is 3.39. The van der Waals surface area contributed by atoms with Crippen molar-refractivity contribution in [2.45, 2.75) is 18.8 Å². The van der Waals surface area contributed by atoms with Crippen LogP contribution in [0.15, 0.2) is 48.5 Å². The Bertz CT molecular complexity index is 571. The van der Waals surface area contributed by atoms with Crippen molar-refractivity contribution in [2.75, 3.05) is 0 Å². The molecule has 4 nitrogen and oxygen atoms in total. The van der Waals surface area contributed by atoms with Gasteiger partial charge in [0.15, 0.2) is 5.78 Å². The molecule has 2 aliphatic carbocycles. The van der Waals surface area contributed by atoms with E-state index < -0.39 is 5.92 Å². The third kappa shape index (κ3) is 2.47. The van der Waals surface area contributed by atoms with E-state index in [1.54, 1.807) is 36.7 Å². The Balaban J connectivity index is 1.86. The number of rotatable bonds is 3. The number of hydrogen-bond acceptors (Lipinski definition) is 3. The Morgan fingerprint density at radius 2 is 2.00 bits per heavy atom. The minimum atomic E-state index is -0.421. The van der Waals surface area contributed by atoms with E-state index in [0.717, 1.165) is 18.4 Å². The molecular formula is C15H14N2O2. The Morgan fingerprint density at radius 1 is 1.26 bits per heavy atom. The molecule has 1 aromatic heterocycles. The second kappa shape index (κ2) is 4.80. The van der Waals surface area contributed by atoms with Crippen LogP contribution in [0.3, 0.4) is 0 Å². The van der Waals surface area contributed by atoms with Crippen LogP contribution in [0.25, 0.3) is 0 Å². The van der Waals surface area contributed by atoms with E-state index in [1.165, 1.54) is 6.08 Å². The number of nitrogens with zero attached hydrogens (tertiary/aromatic N) is 1. The predicted octanol–water partition coefficient (Wildman–Crippen LogP) is 1.71. The first kappa shape index (κ1) is 11.8. The summed E-state index contributed by atoms with van der Waals surface area (Å²) in [6, 6.07) is 3.61. The summed E-state index contributed by atoms with van der Waals surface area (Å²) in [6.45, 7) is 0. The van der Waals surface area contributed by atoms with E-state index in [-0.39, 0.29) is 17.6 Å². The summed E-state index contributed by atoms with van der Waals surface area (Å²) in [5.74, 6) is -0.288. The second-order valence-electron chi connectivity index (χ2n) is 4.86.